The standard InChI is InChI=1S/C22H25FN6O/c1-15(18-4-2-3-5-19(18)23)29(17-6-7-17)22(30)16-10-12-27(13-11-16)21-9-8-20-25-24-14-28(20)26-21/h2-5,8-9,14-17H,6-7,10-13H2,1H3. The van der Waals surface area contributed by atoms with Crippen LogP contribution in [0.2, 0.25) is 0 Å². The SMILES string of the molecule is CC(c1ccccc1F)N(C(=O)C1CCN(c2ccc3nncn3n2)CC1)C1CC1. The molecule has 1 aliphatic carbocycles. The average Bonchev–Trinajstić information content (AvgIpc) is 3.49. The van der Waals surface area contributed by atoms with Gasteiger partial charge in [-0.2, -0.15) is 4.52 Å². The molecule has 3 heterocycles. The van der Waals surface area contributed by atoms with Gasteiger partial charge in [0.1, 0.15) is 18.0 Å². The first kappa shape index (κ1) is 19.0. The molecule has 1 saturated heterocycles. The molecule has 5 rings (SSSR count). The highest BCUT2D eigenvalue weighted by Crippen LogP contribution is 2.37. The van der Waals surface area contributed by atoms with Gasteiger partial charge in [0.25, 0.3) is 0 Å². The molecule has 1 amide bonds. The van der Waals surface area contributed by atoms with E-state index in [1.807, 2.05) is 30.0 Å². The van der Waals surface area contributed by atoms with Crippen molar-refractivity contribution in [2.24, 2.45) is 5.92 Å². The number of amides is 1. The number of benzene rings is 1. The van der Waals surface area contributed by atoms with Crippen LogP contribution in [0.1, 0.15) is 44.2 Å². The largest absolute Gasteiger partial charge is 0.355 e. The molecule has 1 unspecified atom stereocenters. The molecule has 0 radical (unpaired) electrons. The molecule has 2 fully saturated rings. The lowest BCUT2D eigenvalue weighted by Crippen LogP contribution is -2.44. The second kappa shape index (κ2) is 7.66. The highest BCUT2D eigenvalue weighted by Gasteiger charge is 2.40. The first-order chi connectivity index (χ1) is 14.6. The van der Waals surface area contributed by atoms with Crippen molar-refractivity contribution < 1.29 is 9.18 Å². The first-order valence-corrected chi connectivity index (χ1v) is 10.6. The zero-order valence-corrected chi connectivity index (χ0v) is 17.0. The summed E-state index contributed by atoms with van der Waals surface area (Å²) in [4.78, 5) is 17.6. The van der Waals surface area contributed by atoms with Gasteiger partial charge in [-0.15, -0.1) is 15.3 Å². The summed E-state index contributed by atoms with van der Waals surface area (Å²) in [5, 5.41) is 12.4. The van der Waals surface area contributed by atoms with E-state index in [0.29, 0.717) is 11.2 Å². The molecule has 30 heavy (non-hydrogen) atoms. The molecule has 3 aromatic rings. The van der Waals surface area contributed by atoms with Crippen molar-refractivity contribution >= 4 is 17.4 Å². The second-order valence-corrected chi connectivity index (χ2v) is 8.26. The number of aromatic nitrogens is 4. The van der Waals surface area contributed by atoms with Gasteiger partial charge in [0.05, 0.1) is 6.04 Å². The van der Waals surface area contributed by atoms with E-state index in [-0.39, 0.29) is 29.7 Å². The third kappa shape index (κ3) is 3.51. The summed E-state index contributed by atoms with van der Waals surface area (Å²) in [6, 6.07) is 10.6. The van der Waals surface area contributed by atoms with Crippen LogP contribution in [0.25, 0.3) is 5.65 Å². The maximum Gasteiger partial charge on any atom is 0.226 e. The van der Waals surface area contributed by atoms with Crippen LogP contribution in [0, 0.1) is 11.7 Å². The van der Waals surface area contributed by atoms with E-state index < -0.39 is 0 Å². The van der Waals surface area contributed by atoms with E-state index in [2.05, 4.69) is 20.2 Å². The fourth-order valence-electron chi connectivity index (χ4n) is 4.46. The summed E-state index contributed by atoms with van der Waals surface area (Å²) in [6.45, 7) is 3.48. The minimum Gasteiger partial charge on any atom is -0.355 e. The molecule has 7 nitrogen and oxygen atoms in total. The first-order valence-electron chi connectivity index (χ1n) is 10.6. The Hall–Kier alpha value is -3.03. The third-order valence-electron chi connectivity index (χ3n) is 6.28. The predicted octanol–water partition coefficient (Wildman–Crippen LogP) is 3.23. The van der Waals surface area contributed by atoms with Crippen LogP contribution < -0.4 is 4.90 Å². The Morgan fingerprint density at radius 3 is 2.63 bits per heavy atom. The average molecular weight is 408 g/mol. The minimum atomic E-state index is -0.248. The van der Waals surface area contributed by atoms with Gasteiger partial charge in [-0.25, -0.2) is 4.39 Å². The number of rotatable bonds is 5. The molecule has 8 heteroatoms. The van der Waals surface area contributed by atoms with E-state index in [4.69, 9.17) is 0 Å². The summed E-state index contributed by atoms with van der Waals surface area (Å²) in [5.41, 5.74) is 1.31. The van der Waals surface area contributed by atoms with Crippen molar-refractivity contribution in [2.75, 3.05) is 18.0 Å². The van der Waals surface area contributed by atoms with Crippen LogP contribution in [-0.2, 0) is 4.79 Å². The van der Waals surface area contributed by atoms with Gasteiger partial charge in [0, 0.05) is 30.6 Å². The number of piperidine rings is 1. The Morgan fingerprint density at radius 2 is 1.90 bits per heavy atom. The van der Waals surface area contributed by atoms with E-state index in [0.717, 1.165) is 44.6 Å². The normalized spacial score (nSPS) is 18.5. The summed E-state index contributed by atoms with van der Waals surface area (Å²) < 4.78 is 16.0. The summed E-state index contributed by atoms with van der Waals surface area (Å²) in [5.74, 6) is 0.755. The van der Waals surface area contributed by atoms with Gasteiger partial charge in [0.2, 0.25) is 5.91 Å². The van der Waals surface area contributed by atoms with Gasteiger partial charge >= 0.3 is 0 Å². The van der Waals surface area contributed by atoms with Crippen molar-refractivity contribution in [3.63, 3.8) is 0 Å². The van der Waals surface area contributed by atoms with Gasteiger partial charge in [-0.3, -0.25) is 4.79 Å². The van der Waals surface area contributed by atoms with Crippen LogP contribution in [0.5, 0.6) is 0 Å². The summed E-state index contributed by atoms with van der Waals surface area (Å²) in [6.07, 6.45) is 5.15. The number of anilines is 1. The number of carbonyl (C=O) groups excluding carboxylic acids is 1. The number of nitrogens with zero attached hydrogens (tertiary/aromatic N) is 6. The van der Waals surface area contributed by atoms with Crippen molar-refractivity contribution in [2.45, 2.75) is 44.7 Å². The molecule has 2 aromatic heterocycles. The van der Waals surface area contributed by atoms with E-state index in [1.165, 1.54) is 6.07 Å². The van der Waals surface area contributed by atoms with E-state index in [1.54, 1.807) is 23.0 Å². The zero-order chi connectivity index (χ0) is 20.7. The summed E-state index contributed by atoms with van der Waals surface area (Å²) in [7, 11) is 0. The van der Waals surface area contributed by atoms with Crippen molar-refractivity contribution in [1.29, 1.82) is 0 Å². The Bertz CT molecular complexity index is 1060. The Morgan fingerprint density at radius 1 is 1.13 bits per heavy atom. The maximum atomic E-state index is 14.4. The maximum absolute atomic E-state index is 14.4. The molecule has 0 N–H and O–H groups in total. The Labute approximate surface area is 174 Å². The fraction of sp³-hybridized carbons (Fsp3) is 0.455. The molecule has 1 saturated carbocycles. The number of halogens is 1. The molecule has 1 aromatic carbocycles. The quantitative estimate of drug-likeness (QED) is 0.648. The number of hydrogen-bond donors (Lipinski definition) is 0. The number of carbonyl (C=O) groups is 1. The topological polar surface area (TPSA) is 66.6 Å². The molecular formula is C22H25FN6O. The minimum absolute atomic E-state index is 0.0327. The fourth-order valence-corrected chi connectivity index (χ4v) is 4.46. The lowest BCUT2D eigenvalue weighted by Gasteiger charge is -2.37. The van der Waals surface area contributed by atoms with E-state index >= 15 is 0 Å². The van der Waals surface area contributed by atoms with Crippen molar-refractivity contribution in [1.82, 2.24) is 24.7 Å². The zero-order valence-electron chi connectivity index (χ0n) is 17.0. The van der Waals surface area contributed by atoms with Crippen LogP contribution in [0.15, 0.2) is 42.7 Å². The van der Waals surface area contributed by atoms with Gasteiger partial charge in [0.15, 0.2) is 5.65 Å². The molecule has 2 aliphatic rings. The third-order valence-corrected chi connectivity index (χ3v) is 6.28. The number of fused-ring (bicyclic) bond motifs is 1. The molecular weight excluding hydrogens is 383 g/mol. The van der Waals surface area contributed by atoms with Crippen molar-refractivity contribution in [3.8, 4) is 0 Å². The monoisotopic (exact) mass is 408 g/mol. The highest BCUT2D eigenvalue weighted by molar-refractivity contribution is 5.80. The number of hydrogen-bond acceptors (Lipinski definition) is 5. The highest BCUT2D eigenvalue weighted by atomic mass is 19.1. The molecule has 1 atom stereocenters. The van der Waals surface area contributed by atoms with Gasteiger partial charge < -0.3 is 9.80 Å². The Balaban J connectivity index is 1.28. The van der Waals surface area contributed by atoms with Crippen LogP contribution in [0.3, 0.4) is 0 Å². The van der Waals surface area contributed by atoms with Gasteiger partial charge in [-0.1, -0.05) is 18.2 Å². The van der Waals surface area contributed by atoms with E-state index in [9.17, 15) is 9.18 Å². The van der Waals surface area contributed by atoms with Crippen LogP contribution in [0.4, 0.5) is 10.2 Å². The van der Waals surface area contributed by atoms with Crippen LogP contribution >= 0.6 is 0 Å². The molecule has 1 aliphatic heterocycles. The molecule has 0 bridgehead atoms. The van der Waals surface area contributed by atoms with Gasteiger partial charge in [-0.05, 0) is 50.8 Å². The predicted molar refractivity (Wildman–Crippen MR) is 110 cm³/mol. The van der Waals surface area contributed by atoms with Crippen LogP contribution in [-0.4, -0.2) is 49.7 Å². The Kier molecular flexibility index (Phi) is 4.84. The smallest absolute Gasteiger partial charge is 0.226 e. The molecule has 0 spiro atoms. The second-order valence-electron chi connectivity index (χ2n) is 8.26. The lowest BCUT2D eigenvalue weighted by molar-refractivity contribution is -0.139. The molecule has 156 valence electrons. The van der Waals surface area contributed by atoms with Crippen molar-refractivity contribution in [3.05, 3.63) is 54.1 Å². The summed E-state index contributed by atoms with van der Waals surface area (Å²) >= 11 is 0. The lowest BCUT2D eigenvalue weighted by atomic mass is 9.93.